The number of hydrogen-bond acceptors (Lipinski definition) is 6. The minimum atomic E-state index is -3.76. The SMILES string of the molecule is Nc1ccccc1CS(=O)(=O)Nc1scnc1C(=O)O. The summed E-state index contributed by atoms with van der Waals surface area (Å²) in [6.45, 7) is 0. The van der Waals surface area contributed by atoms with Gasteiger partial charge in [-0.25, -0.2) is 18.2 Å². The van der Waals surface area contributed by atoms with E-state index in [1.807, 2.05) is 0 Å². The smallest absolute Gasteiger partial charge is 0.357 e. The van der Waals surface area contributed by atoms with Crippen molar-refractivity contribution in [3.05, 3.63) is 41.0 Å². The first-order valence-corrected chi connectivity index (χ1v) is 7.93. The molecule has 0 unspecified atom stereocenters. The Morgan fingerprint density at radius 1 is 1.40 bits per heavy atom. The van der Waals surface area contributed by atoms with Crippen molar-refractivity contribution in [1.82, 2.24) is 4.98 Å². The second kappa shape index (κ2) is 5.47. The third-order valence-electron chi connectivity index (χ3n) is 2.42. The molecule has 4 N–H and O–H groups in total. The second-order valence-electron chi connectivity index (χ2n) is 3.90. The van der Waals surface area contributed by atoms with E-state index in [9.17, 15) is 13.2 Å². The number of nitrogens with zero attached hydrogens (tertiary/aromatic N) is 1. The Kier molecular flexibility index (Phi) is 3.91. The Hall–Kier alpha value is -2.13. The number of thiazole rings is 1. The minimum absolute atomic E-state index is 0.0213. The highest BCUT2D eigenvalue weighted by Crippen LogP contribution is 2.23. The summed E-state index contributed by atoms with van der Waals surface area (Å²) in [6.07, 6.45) is 0. The van der Waals surface area contributed by atoms with Gasteiger partial charge in [0.05, 0.1) is 11.3 Å². The standard InChI is InChI=1S/C11H11N3O4S2/c12-8-4-2-1-3-7(8)5-20(17,18)14-10-9(11(15)16)13-6-19-10/h1-4,6,14H,5,12H2,(H,15,16). The van der Waals surface area contributed by atoms with Gasteiger partial charge in [0.15, 0.2) is 5.69 Å². The molecule has 1 heterocycles. The summed E-state index contributed by atoms with van der Waals surface area (Å²) in [5.41, 5.74) is 7.43. The van der Waals surface area contributed by atoms with Gasteiger partial charge in [-0.2, -0.15) is 0 Å². The topological polar surface area (TPSA) is 122 Å². The summed E-state index contributed by atoms with van der Waals surface area (Å²) >= 11 is 0.906. The highest BCUT2D eigenvalue weighted by molar-refractivity contribution is 7.92. The summed E-state index contributed by atoms with van der Waals surface area (Å²) in [7, 11) is -3.76. The summed E-state index contributed by atoms with van der Waals surface area (Å²) in [4.78, 5) is 14.5. The number of hydrogen-bond donors (Lipinski definition) is 3. The molecule has 0 saturated heterocycles. The Bertz CT molecular complexity index is 740. The summed E-state index contributed by atoms with van der Waals surface area (Å²) < 4.78 is 26.2. The molecule has 2 aromatic rings. The van der Waals surface area contributed by atoms with Crippen molar-refractivity contribution < 1.29 is 18.3 Å². The van der Waals surface area contributed by atoms with Crippen LogP contribution in [0.4, 0.5) is 10.7 Å². The van der Waals surface area contributed by atoms with E-state index in [0.29, 0.717) is 11.3 Å². The second-order valence-corrected chi connectivity index (χ2v) is 6.47. The quantitative estimate of drug-likeness (QED) is 0.716. The van der Waals surface area contributed by atoms with Gasteiger partial charge in [-0.1, -0.05) is 18.2 Å². The van der Waals surface area contributed by atoms with Gasteiger partial charge < -0.3 is 10.8 Å². The summed E-state index contributed by atoms with van der Waals surface area (Å²) in [5.74, 6) is -1.63. The number of carboxylic acids is 1. The number of nitrogen functional groups attached to an aromatic ring is 1. The number of para-hydroxylation sites is 1. The number of nitrogens with one attached hydrogen (secondary N) is 1. The van der Waals surface area contributed by atoms with Crippen molar-refractivity contribution in [2.45, 2.75) is 5.75 Å². The first kappa shape index (κ1) is 14.3. The monoisotopic (exact) mass is 313 g/mol. The average molecular weight is 313 g/mol. The van der Waals surface area contributed by atoms with Crippen LogP contribution in [0.3, 0.4) is 0 Å². The van der Waals surface area contributed by atoms with Gasteiger partial charge in [0.2, 0.25) is 10.0 Å². The molecule has 0 bridgehead atoms. The zero-order valence-corrected chi connectivity index (χ0v) is 11.7. The highest BCUT2D eigenvalue weighted by atomic mass is 32.2. The minimum Gasteiger partial charge on any atom is -0.476 e. The number of carbonyl (C=O) groups is 1. The molecule has 0 aliphatic heterocycles. The maximum atomic E-state index is 12.0. The lowest BCUT2D eigenvalue weighted by Crippen LogP contribution is -2.17. The van der Waals surface area contributed by atoms with Crippen molar-refractivity contribution in [3.63, 3.8) is 0 Å². The zero-order chi connectivity index (χ0) is 14.8. The molecule has 1 aromatic carbocycles. The van der Waals surface area contributed by atoms with E-state index in [2.05, 4.69) is 9.71 Å². The number of carboxylic acid groups (broad SMARTS) is 1. The van der Waals surface area contributed by atoms with Gasteiger partial charge in [0.1, 0.15) is 5.00 Å². The Morgan fingerprint density at radius 3 is 2.75 bits per heavy atom. The molecule has 0 saturated carbocycles. The molecular formula is C11H11N3O4S2. The van der Waals surface area contributed by atoms with E-state index in [1.165, 1.54) is 5.51 Å². The summed E-state index contributed by atoms with van der Waals surface area (Å²) in [6, 6.07) is 6.57. The van der Waals surface area contributed by atoms with E-state index in [-0.39, 0.29) is 16.4 Å². The van der Waals surface area contributed by atoms with Crippen molar-refractivity contribution in [2.75, 3.05) is 10.5 Å². The zero-order valence-electron chi connectivity index (χ0n) is 10.1. The molecule has 20 heavy (non-hydrogen) atoms. The lowest BCUT2D eigenvalue weighted by molar-refractivity contribution is 0.0692. The van der Waals surface area contributed by atoms with Crippen molar-refractivity contribution in [2.24, 2.45) is 0 Å². The molecule has 7 nitrogen and oxygen atoms in total. The Morgan fingerprint density at radius 2 is 2.10 bits per heavy atom. The third kappa shape index (κ3) is 3.25. The maximum absolute atomic E-state index is 12.0. The van der Waals surface area contributed by atoms with E-state index in [0.717, 1.165) is 11.3 Å². The number of aromatic carboxylic acids is 1. The predicted octanol–water partition coefficient (Wildman–Crippen LogP) is 1.37. The van der Waals surface area contributed by atoms with Gasteiger partial charge in [-0.15, -0.1) is 11.3 Å². The van der Waals surface area contributed by atoms with Crippen LogP contribution in [-0.2, 0) is 15.8 Å². The highest BCUT2D eigenvalue weighted by Gasteiger charge is 2.20. The molecule has 0 fully saturated rings. The first-order chi connectivity index (χ1) is 9.39. The van der Waals surface area contributed by atoms with Crippen LogP contribution in [0, 0.1) is 0 Å². The number of rotatable bonds is 5. The molecule has 0 radical (unpaired) electrons. The molecule has 2 rings (SSSR count). The molecule has 106 valence electrons. The van der Waals surface area contributed by atoms with Gasteiger partial charge in [-0.05, 0) is 11.6 Å². The van der Waals surface area contributed by atoms with E-state index < -0.39 is 16.0 Å². The predicted molar refractivity (Wildman–Crippen MR) is 76.2 cm³/mol. The van der Waals surface area contributed by atoms with E-state index in [4.69, 9.17) is 10.8 Å². The summed E-state index contributed by atoms with van der Waals surface area (Å²) in [5, 5.41) is 8.85. The molecule has 0 aliphatic rings. The van der Waals surface area contributed by atoms with Gasteiger partial charge in [0.25, 0.3) is 0 Å². The maximum Gasteiger partial charge on any atom is 0.357 e. The molecule has 9 heteroatoms. The number of anilines is 2. The molecule has 0 atom stereocenters. The van der Waals surface area contributed by atoms with Crippen LogP contribution in [0.1, 0.15) is 16.1 Å². The van der Waals surface area contributed by atoms with Crippen LogP contribution in [0.5, 0.6) is 0 Å². The fourth-order valence-electron chi connectivity index (χ4n) is 1.52. The number of sulfonamides is 1. The normalized spacial score (nSPS) is 11.2. The molecule has 0 aliphatic carbocycles. The van der Waals surface area contributed by atoms with Gasteiger partial charge in [-0.3, -0.25) is 4.72 Å². The molecule has 0 spiro atoms. The molecule has 0 amide bonds. The number of nitrogens with two attached hydrogens (primary N) is 1. The number of aromatic nitrogens is 1. The lowest BCUT2D eigenvalue weighted by atomic mass is 10.2. The van der Waals surface area contributed by atoms with Crippen LogP contribution in [0.2, 0.25) is 0 Å². The molecule has 1 aromatic heterocycles. The van der Waals surface area contributed by atoms with Crippen LogP contribution in [-0.4, -0.2) is 24.5 Å². The van der Waals surface area contributed by atoms with Crippen molar-refractivity contribution in [1.29, 1.82) is 0 Å². The van der Waals surface area contributed by atoms with Crippen molar-refractivity contribution in [3.8, 4) is 0 Å². The van der Waals surface area contributed by atoms with Gasteiger partial charge in [0, 0.05) is 5.69 Å². The van der Waals surface area contributed by atoms with Crippen molar-refractivity contribution >= 4 is 38.0 Å². The Labute approximate surface area is 119 Å². The fraction of sp³-hybridized carbons (Fsp3) is 0.0909. The van der Waals surface area contributed by atoms with Crippen LogP contribution < -0.4 is 10.5 Å². The van der Waals surface area contributed by atoms with Crippen LogP contribution in [0.15, 0.2) is 29.8 Å². The average Bonchev–Trinajstić information content (AvgIpc) is 2.79. The first-order valence-electron chi connectivity index (χ1n) is 5.40. The largest absolute Gasteiger partial charge is 0.476 e. The van der Waals surface area contributed by atoms with E-state index in [1.54, 1.807) is 24.3 Å². The lowest BCUT2D eigenvalue weighted by Gasteiger charge is -2.08. The van der Waals surface area contributed by atoms with Crippen LogP contribution in [0.25, 0.3) is 0 Å². The fourth-order valence-corrected chi connectivity index (χ4v) is 3.73. The Balaban J connectivity index is 2.22. The van der Waals surface area contributed by atoms with E-state index >= 15 is 0 Å². The third-order valence-corrected chi connectivity index (χ3v) is 4.50. The van der Waals surface area contributed by atoms with Gasteiger partial charge >= 0.3 is 5.97 Å². The number of benzene rings is 1. The van der Waals surface area contributed by atoms with Crippen LogP contribution >= 0.6 is 11.3 Å². The molecular weight excluding hydrogens is 302 g/mol.